The van der Waals surface area contributed by atoms with Crippen LogP contribution in [0.4, 0.5) is 0 Å². The standard InChI is InChI=1S/C10H16.C6H14O/c1-8(2)10-6-4-9(3)5-7-10;1-2-3-4-5-6-7/h4,10H,1,5-7H2,2-3H3;7H,2-6H2,1H3. The van der Waals surface area contributed by atoms with E-state index in [4.69, 9.17) is 5.11 Å². The first-order valence-electron chi connectivity index (χ1n) is 7.03. The van der Waals surface area contributed by atoms with Crippen LogP contribution in [0.1, 0.15) is 65.7 Å². The molecule has 0 spiro atoms. The van der Waals surface area contributed by atoms with Gasteiger partial charge in [-0.1, -0.05) is 50.0 Å². The molecular formula is C16H30O. The minimum Gasteiger partial charge on any atom is -0.396 e. The molecule has 1 unspecified atom stereocenters. The van der Waals surface area contributed by atoms with E-state index < -0.39 is 0 Å². The zero-order valence-corrected chi connectivity index (χ0v) is 12.0. The third-order valence-corrected chi connectivity index (χ3v) is 3.35. The maximum absolute atomic E-state index is 8.29. The Hall–Kier alpha value is -0.560. The maximum atomic E-state index is 8.29. The number of rotatable bonds is 5. The molecule has 0 aliphatic heterocycles. The molecule has 1 aliphatic carbocycles. The first kappa shape index (κ1) is 16.4. The molecule has 0 fully saturated rings. The molecule has 1 heteroatoms. The lowest BCUT2D eigenvalue weighted by Crippen LogP contribution is -2.04. The third kappa shape index (κ3) is 9.17. The first-order valence-corrected chi connectivity index (χ1v) is 7.03. The summed E-state index contributed by atoms with van der Waals surface area (Å²) in [5, 5.41) is 8.29. The van der Waals surface area contributed by atoms with Crippen LogP contribution >= 0.6 is 0 Å². The molecule has 1 aliphatic rings. The molecule has 17 heavy (non-hydrogen) atoms. The molecule has 0 heterocycles. The molecule has 1 nitrogen and oxygen atoms in total. The van der Waals surface area contributed by atoms with E-state index >= 15 is 0 Å². The molecule has 0 aromatic heterocycles. The van der Waals surface area contributed by atoms with Crippen molar-refractivity contribution in [2.24, 2.45) is 5.92 Å². The topological polar surface area (TPSA) is 20.2 Å². The molecule has 0 bridgehead atoms. The van der Waals surface area contributed by atoms with Crippen molar-refractivity contribution >= 4 is 0 Å². The first-order chi connectivity index (χ1) is 8.11. The summed E-state index contributed by atoms with van der Waals surface area (Å²) in [6.45, 7) is 10.9. The second-order valence-electron chi connectivity index (χ2n) is 5.15. The molecule has 0 radical (unpaired) electrons. The van der Waals surface area contributed by atoms with Crippen molar-refractivity contribution in [2.75, 3.05) is 6.61 Å². The highest BCUT2D eigenvalue weighted by Crippen LogP contribution is 2.27. The maximum Gasteiger partial charge on any atom is 0.0431 e. The van der Waals surface area contributed by atoms with Gasteiger partial charge in [0, 0.05) is 6.61 Å². The quantitative estimate of drug-likeness (QED) is 0.535. The fraction of sp³-hybridized carbons (Fsp3) is 0.750. The molecule has 0 saturated carbocycles. The minimum absolute atomic E-state index is 0.361. The Kier molecular flexibility index (Phi) is 10.2. The number of hydrogen-bond acceptors (Lipinski definition) is 1. The summed E-state index contributed by atoms with van der Waals surface area (Å²) in [5.74, 6) is 0.767. The fourth-order valence-electron chi connectivity index (χ4n) is 1.95. The molecule has 1 atom stereocenters. The number of aliphatic hydroxyl groups excluding tert-OH is 1. The number of unbranched alkanes of at least 4 members (excludes halogenated alkanes) is 3. The van der Waals surface area contributed by atoms with Crippen LogP contribution in [0, 0.1) is 5.92 Å². The highest BCUT2D eigenvalue weighted by Gasteiger charge is 2.11. The van der Waals surface area contributed by atoms with Crippen molar-refractivity contribution < 1.29 is 5.11 Å². The Labute approximate surface area is 108 Å². The summed E-state index contributed by atoms with van der Waals surface area (Å²) in [4.78, 5) is 0. The summed E-state index contributed by atoms with van der Waals surface area (Å²) in [5.41, 5.74) is 2.90. The van der Waals surface area contributed by atoms with Crippen LogP contribution in [0.2, 0.25) is 0 Å². The highest BCUT2D eigenvalue weighted by atomic mass is 16.2. The Bertz CT molecular complexity index is 224. The lowest BCUT2D eigenvalue weighted by molar-refractivity contribution is 0.283. The summed E-state index contributed by atoms with van der Waals surface area (Å²) in [6, 6.07) is 0. The SMILES string of the molecule is C=C(C)C1CC=C(C)CC1.CCCCCCO. The van der Waals surface area contributed by atoms with Crippen LogP contribution < -0.4 is 0 Å². The van der Waals surface area contributed by atoms with Gasteiger partial charge in [0.15, 0.2) is 0 Å². The van der Waals surface area contributed by atoms with Gasteiger partial charge in [-0.3, -0.25) is 0 Å². The van der Waals surface area contributed by atoms with Crippen LogP contribution in [0.25, 0.3) is 0 Å². The van der Waals surface area contributed by atoms with Crippen LogP contribution in [0.5, 0.6) is 0 Å². The van der Waals surface area contributed by atoms with Crippen molar-refractivity contribution in [1.29, 1.82) is 0 Å². The van der Waals surface area contributed by atoms with Gasteiger partial charge in [0.2, 0.25) is 0 Å². The van der Waals surface area contributed by atoms with Gasteiger partial charge in [0.05, 0.1) is 0 Å². The van der Waals surface area contributed by atoms with Gasteiger partial charge in [-0.25, -0.2) is 0 Å². The molecule has 100 valence electrons. The summed E-state index contributed by atoms with van der Waals surface area (Å²) in [6.07, 6.45) is 10.8. The van der Waals surface area contributed by atoms with Crippen molar-refractivity contribution in [1.82, 2.24) is 0 Å². The second-order valence-corrected chi connectivity index (χ2v) is 5.15. The van der Waals surface area contributed by atoms with E-state index in [2.05, 4.69) is 33.4 Å². The van der Waals surface area contributed by atoms with Gasteiger partial charge in [0.25, 0.3) is 0 Å². The van der Waals surface area contributed by atoms with Crippen LogP contribution in [-0.2, 0) is 0 Å². The largest absolute Gasteiger partial charge is 0.396 e. The van der Waals surface area contributed by atoms with E-state index in [-0.39, 0.29) is 0 Å². The van der Waals surface area contributed by atoms with Crippen molar-refractivity contribution in [2.45, 2.75) is 65.7 Å². The Morgan fingerprint density at radius 3 is 2.53 bits per heavy atom. The summed E-state index contributed by atoms with van der Waals surface area (Å²) in [7, 11) is 0. The number of hydrogen-bond donors (Lipinski definition) is 1. The smallest absolute Gasteiger partial charge is 0.0431 e. The lowest BCUT2D eigenvalue weighted by Gasteiger charge is -2.19. The van der Waals surface area contributed by atoms with Gasteiger partial charge in [-0.2, -0.15) is 0 Å². The average molecular weight is 238 g/mol. The summed E-state index contributed by atoms with van der Waals surface area (Å²) >= 11 is 0. The molecule has 0 aromatic rings. The summed E-state index contributed by atoms with van der Waals surface area (Å²) < 4.78 is 0. The van der Waals surface area contributed by atoms with E-state index in [1.54, 1.807) is 5.57 Å². The lowest BCUT2D eigenvalue weighted by atomic mass is 9.86. The normalized spacial score (nSPS) is 19.1. The van der Waals surface area contributed by atoms with Crippen molar-refractivity contribution in [3.8, 4) is 0 Å². The Morgan fingerprint density at radius 1 is 1.41 bits per heavy atom. The molecule has 1 rings (SSSR count). The third-order valence-electron chi connectivity index (χ3n) is 3.35. The van der Waals surface area contributed by atoms with Crippen LogP contribution in [0.3, 0.4) is 0 Å². The van der Waals surface area contributed by atoms with E-state index in [1.165, 1.54) is 44.1 Å². The van der Waals surface area contributed by atoms with Crippen molar-refractivity contribution in [3.05, 3.63) is 23.8 Å². The highest BCUT2D eigenvalue weighted by molar-refractivity contribution is 5.09. The van der Waals surface area contributed by atoms with E-state index in [0.717, 1.165) is 12.3 Å². The predicted molar refractivity (Wildman–Crippen MR) is 77.1 cm³/mol. The monoisotopic (exact) mass is 238 g/mol. The van der Waals surface area contributed by atoms with Gasteiger partial charge in [-0.15, -0.1) is 0 Å². The zero-order valence-electron chi connectivity index (χ0n) is 12.0. The molecule has 0 saturated heterocycles. The van der Waals surface area contributed by atoms with Gasteiger partial charge in [-0.05, 0) is 45.4 Å². The molecule has 1 N–H and O–H groups in total. The predicted octanol–water partition coefficient (Wildman–Crippen LogP) is 4.87. The zero-order chi connectivity index (χ0) is 13.1. The number of allylic oxidation sites excluding steroid dienone is 3. The second kappa shape index (κ2) is 10.6. The number of aliphatic hydroxyl groups is 1. The van der Waals surface area contributed by atoms with Crippen molar-refractivity contribution in [3.63, 3.8) is 0 Å². The average Bonchev–Trinajstić information content (AvgIpc) is 2.31. The molecular weight excluding hydrogens is 208 g/mol. The van der Waals surface area contributed by atoms with Gasteiger partial charge < -0.3 is 5.11 Å². The minimum atomic E-state index is 0.361. The fourth-order valence-corrected chi connectivity index (χ4v) is 1.95. The van der Waals surface area contributed by atoms with E-state index in [9.17, 15) is 0 Å². The van der Waals surface area contributed by atoms with Crippen LogP contribution in [-0.4, -0.2) is 11.7 Å². The van der Waals surface area contributed by atoms with Gasteiger partial charge in [0.1, 0.15) is 0 Å². The van der Waals surface area contributed by atoms with Crippen LogP contribution in [0.15, 0.2) is 23.8 Å². The molecule has 0 aromatic carbocycles. The Morgan fingerprint density at radius 2 is 2.12 bits per heavy atom. The molecule has 0 amide bonds. The Balaban J connectivity index is 0.000000325. The van der Waals surface area contributed by atoms with E-state index in [1.807, 2.05) is 0 Å². The van der Waals surface area contributed by atoms with E-state index in [0.29, 0.717) is 6.61 Å². The van der Waals surface area contributed by atoms with Gasteiger partial charge >= 0.3 is 0 Å².